The van der Waals surface area contributed by atoms with Gasteiger partial charge >= 0.3 is 0 Å². The normalized spacial score (nSPS) is 25.2. The van der Waals surface area contributed by atoms with Gasteiger partial charge in [0.15, 0.2) is 0 Å². The third kappa shape index (κ3) is 4.52. The summed E-state index contributed by atoms with van der Waals surface area (Å²) < 4.78 is 5.96. The third-order valence-electron chi connectivity index (χ3n) is 5.39. The van der Waals surface area contributed by atoms with Crippen LogP contribution in [-0.2, 0) is 17.6 Å². The number of aliphatic hydroxyl groups is 2. The van der Waals surface area contributed by atoms with Gasteiger partial charge in [0.25, 0.3) is 0 Å². The van der Waals surface area contributed by atoms with Crippen LogP contribution < -0.4 is 0 Å². The molecule has 0 saturated carbocycles. The maximum Gasteiger partial charge on any atom is 0.0854 e. The van der Waals surface area contributed by atoms with Crippen LogP contribution in [0.1, 0.15) is 47.6 Å². The molecule has 1 saturated heterocycles. The number of fused-ring (bicyclic) bond motifs is 1. The highest BCUT2D eigenvalue weighted by molar-refractivity contribution is 7.99. The molecular weight excluding hydrogens is 380 g/mol. The van der Waals surface area contributed by atoms with Crippen LogP contribution in [0, 0.1) is 0 Å². The van der Waals surface area contributed by atoms with Crippen molar-refractivity contribution in [1.82, 2.24) is 0 Å². The SMILES string of the molecule is OCC1CC(O)CC(c2ccc(Cl)c(Cc3ccc4c(c3)CCCS4)c2)O1. The molecule has 0 aliphatic carbocycles. The Morgan fingerprint density at radius 1 is 1.15 bits per heavy atom. The Morgan fingerprint density at radius 3 is 2.89 bits per heavy atom. The molecule has 1 fully saturated rings. The highest BCUT2D eigenvalue weighted by Crippen LogP contribution is 2.35. The van der Waals surface area contributed by atoms with Crippen molar-refractivity contribution in [3.63, 3.8) is 0 Å². The van der Waals surface area contributed by atoms with Gasteiger partial charge in [-0.15, -0.1) is 11.8 Å². The van der Waals surface area contributed by atoms with Crippen molar-refractivity contribution in [2.75, 3.05) is 12.4 Å². The lowest BCUT2D eigenvalue weighted by Gasteiger charge is -2.32. The molecule has 0 amide bonds. The first-order chi connectivity index (χ1) is 13.1. The van der Waals surface area contributed by atoms with Gasteiger partial charge in [-0.1, -0.05) is 35.9 Å². The van der Waals surface area contributed by atoms with E-state index in [0.717, 1.165) is 29.0 Å². The number of benzene rings is 2. The van der Waals surface area contributed by atoms with Gasteiger partial charge in [0.2, 0.25) is 0 Å². The first-order valence-corrected chi connectivity index (χ1v) is 11.0. The van der Waals surface area contributed by atoms with Crippen molar-refractivity contribution in [1.29, 1.82) is 0 Å². The Bertz CT molecular complexity index is 810. The summed E-state index contributed by atoms with van der Waals surface area (Å²) in [5, 5.41) is 20.3. The topological polar surface area (TPSA) is 49.7 Å². The number of aryl methyl sites for hydroxylation is 1. The van der Waals surface area contributed by atoms with Gasteiger partial charge in [0, 0.05) is 22.8 Å². The quantitative estimate of drug-likeness (QED) is 0.785. The lowest BCUT2D eigenvalue weighted by molar-refractivity contribution is -0.113. The van der Waals surface area contributed by atoms with Crippen LogP contribution >= 0.6 is 23.4 Å². The van der Waals surface area contributed by atoms with Crippen LogP contribution in [-0.4, -0.2) is 34.8 Å². The third-order valence-corrected chi connectivity index (χ3v) is 6.96. The van der Waals surface area contributed by atoms with E-state index in [2.05, 4.69) is 24.3 Å². The Balaban J connectivity index is 1.56. The maximum absolute atomic E-state index is 10.1. The molecule has 0 radical (unpaired) electrons. The summed E-state index contributed by atoms with van der Waals surface area (Å²) in [6.07, 6.45) is 3.25. The summed E-state index contributed by atoms with van der Waals surface area (Å²) in [6, 6.07) is 12.7. The molecule has 0 aromatic heterocycles. The minimum Gasteiger partial charge on any atom is -0.394 e. The number of hydrogen-bond acceptors (Lipinski definition) is 4. The summed E-state index contributed by atoms with van der Waals surface area (Å²) in [6.45, 7) is -0.0683. The molecular formula is C22H25ClO3S. The summed E-state index contributed by atoms with van der Waals surface area (Å²) in [5.74, 6) is 1.21. The average Bonchev–Trinajstić information content (AvgIpc) is 2.69. The molecule has 0 spiro atoms. The van der Waals surface area contributed by atoms with Crippen LogP contribution in [0.4, 0.5) is 0 Å². The standard InChI is InChI=1S/C22H25ClO3S/c23-20-5-4-15(21-12-18(25)11-19(13-24)26-21)10-17(20)9-14-3-6-22-16(8-14)2-1-7-27-22/h3-6,8,10,18-19,21,24-25H,1-2,7,9,11-13H2. The zero-order valence-electron chi connectivity index (χ0n) is 15.2. The Kier molecular flexibility index (Phi) is 6.10. The summed E-state index contributed by atoms with van der Waals surface area (Å²) in [5.41, 5.74) is 4.80. The second-order valence-corrected chi connectivity index (χ2v) is 9.02. The summed E-state index contributed by atoms with van der Waals surface area (Å²) in [4.78, 5) is 1.41. The largest absolute Gasteiger partial charge is 0.394 e. The molecule has 2 heterocycles. The molecule has 0 bridgehead atoms. The van der Waals surface area contributed by atoms with Gasteiger partial charge in [0.1, 0.15) is 0 Å². The molecule has 2 aromatic carbocycles. The van der Waals surface area contributed by atoms with Crippen molar-refractivity contribution < 1.29 is 14.9 Å². The Morgan fingerprint density at radius 2 is 2.04 bits per heavy atom. The highest BCUT2D eigenvalue weighted by Gasteiger charge is 2.29. The minimum absolute atomic E-state index is 0.0683. The van der Waals surface area contributed by atoms with Crippen molar-refractivity contribution in [2.24, 2.45) is 0 Å². The molecule has 2 aliphatic rings. The van der Waals surface area contributed by atoms with E-state index in [9.17, 15) is 10.2 Å². The summed E-state index contributed by atoms with van der Waals surface area (Å²) >= 11 is 8.42. The number of aliphatic hydroxyl groups excluding tert-OH is 2. The van der Waals surface area contributed by atoms with Gasteiger partial charge in [-0.2, -0.15) is 0 Å². The summed E-state index contributed by atoms with van der Waals surface area (Å²) in [7, 11) is 0. The van der Waals surface area contributed by atoms with E-state index < -0.39 is 6.10 Å². The number of rotatable bonds is 4. The second-order valence-electron chi connectivity index (χ2n) is 7.48. The van der Waals surface area contributed by atoms with Gasteiger partial charge in [0.05, 0.1) is 24.9 Å². The van der Waals surface area contributed by atoms with Crippen LogP contribution in [0.5, 0.6) is 0 Å². The van der Waals surface area contributed by atoms with Crippen LogP contribution in [0.15, 0.2) is 41.3 Å². The Hall–Kier alpha value is -1.04. The van der Waals surface area contributed by atoms with E-state index in [1.165, 1.54) is 28.2 Å². The van der Waals surface area contributed by atoms with E-state index in [1.807, 2.05) is 23.9 Å². The maximum atomic E-state index is 10.1. The fourth-order valence-electron chi connectivity index (χ4n) is 4.00. The second kappa shape index (κ2) is 8.54. The average molecular weight is 405 g/mol. The molecule has 3 unspecified atom stereocenters. The van der Waals surface area contributed by atoms with E-state index in [4.69, 9.17) is 16.3 Å². The van der Waals surface area contributed by atoms with Gasteiger partial charge < -0.3 is 14.9 Å². The molecule has 2 aromatic rings. The number of ether oxygens (including phenoxy) is 1. The molecule has 2 N–H and O–H groups in total. The lowest BCUT2D eigenvalue weighted by Crippen LogP contribution is -2.33. The molecule has 144 valence electrons. The van der Waals surface area contributed by atoms with Crippen molar-refractivity contribution in [2.45, 2.75) is 55.3 Å². The molecule has 4 rings (SSSR count). The first kappa shape index (κ1) is 19.3. The number of hydrogen-bond donors (Lipinski definition) is 2. The van der Waals surface area contributed by atoms with Gasteiger partial charge in [-0.25, -0.2) is 0 Å². The molecule has 2 aliphatic heterocycles. The van der Waals surface area contributed by atoms with Crippen molar-refractivity contribution in [3.8, 4) is 0 Å². The fourth-order valence-corrected chi connectivity index (χ4v) is 5.20. The first-order valence-electron chi connectivity index (χ1n) is 9.59. The van der Waals surface area contributed by atoms with Crippen molar-refractivity contribution >= 4 is 23.4 Å². The van der Waals surface area contributed by atoms with Gasteiger partial charge in [-0.3, -0.25) is 0 Å². The van der Waals surface area contributed by atoms with E-state index in [1.54, 1.807) is 0 Å². The zero-order valence-corrected chi connectivity index (χ0v) is 16.8. The fraction of sp³-hybridized carbons (Fsp3) is 0.455. The van der Waals surface area contributed by atoms with E-state index in [-0.39, 0.29) is 18.8 Å². The monoisotopic (exact) mass is 404 g/mol. The number of thioether (sulfide) groups is 1. The van der Waals surface area contributed by atoms with Crippen LogP contribution in [0.2, 0.25) is 5.02 Å². The highest BCUT2D eigenvalue weighted by atomic mass is 35.5. The molecule has 3 nitrogen and oxygen atoms in total. The number of halogens is 1. The van der Waals surface area contributed by atoms with Crippen molar-refractivity contribution in [3.05, 3.63) is 63.7 Å². The minimum atomic E-state index is -0.446. The lowest BCUT2D eigenvalue weighted by atomic mass is 9.93. The predicted octanol–water partition coefficient (Wildman–Crippen LogP) is 4.54. The molecule has 5 heteroatoms. The predicted molar refractivity (Wildman–Crippen MR) is 110 cm³/mol. The van der Waals surface area contributed by atoms with E-state index >= 15 is 0 Å². The Labute approximate surface area is 169 Å². The zero-order chi connectivity index (χ0) is 18.8. The smallest absolute Gasteiger partial charge is 0.0854 e. The van der Waals surface area contributed by atoms with Gasteiger partial charge in [-0.05, 0) is 59.4 Å². The van der Waals surface area contributed by atoms with Crippen LogP contribution in [0.25, 0.3) is 0 Å². The molecule has 3 atom stereocenters. The van der Waals surface area contributed by atoms with E-state index in [0.29, 0.717) is 12.8 Å². The van der Waals surface area contributed by atoms with Crippen LogP contribution in [0.3, 0.4) is 0 Å². The molecule has 27 heavy (non-hydrogen) atoms.